The normalized spacial score (nSPS) is 11.2. The van der Waals surface area contributed by atoms with Crippen molar-refractivity contribution < 1.29 is 23.2 Å². The van der Waals surface area contributed by atoms with Gasteiger partial charge in [0, 0.05) is 42.5 Å². The lowest BCUT2D eigenvalue weighted by Gasteiger charge is -2.18. The molecule has 0 fully saturated rings. The molecule has 15 heteroatoms. The fourth-order valence-corrected chi connectivity index (χ4v) is 7.25. The smallest absolute Gasteiger partial charge is 0.343 e. The quantitative estimate of drug-likeness (QED) is 0.147. The van der Waals surface area contributed by atoms with Crippen LogP contribution < -0.4 is 27.4 Å². The highest BCUT2D eigenvalue weighted by atomic mass is 32.1. The first-order chi connectivity index (χ1) is 25.6. The Labute approximate surface area is 306 Å². The average molecular weight is 740 g/mol. The highest BCUT2D eigenvalue weighted by Gasteiger charge is 2.26. The minimum atomic E-state index is -0.839. The fraction of sp³-hybridized carbons (Fsp3) is 0.184. The second-order valence-corrected chi connectivity index (χ2v) is 13.1. The second-order valence-electron chi connectivity index (χ2n) is 12.1. The van der Waals surface area contributed by atoms with E-state index >= 15 is 8.78 Å². The molecule has 3 aromatic carbocycles. The zero-order valence-electron chi connectivity index (χ0n) is 29.0. The summed E-state index contributed by atoms with van der Waals surface area (Å²) in [4.78, 5) is 65.1. The van der Waals surface area contributed by atoms with Gasteiger partial charge in [-0.3, -0.25) is 28.9 Å². The third-order valence-corrected chi connectivity index (χ3v) is 9.78. The first-order valence-corrected chi connectivity index (χ1v) is 17.2. The number of urea groups is 1. The van der Waals surface area contributed by atoms with Crippen molar-refractivity contribution in [2.75, 3.05) is 26.5 Å². The lowest BCUT2D eigenvalue weighted by molar-refractivity contribution is -0.119. The zero-order chi connectivity index (χ0) is 37.6. The molecule has 0 atom stereocenters. The summed E-state index contributed by atoms with van der Waals surface area (Å²) in [6.45, 7) is 0.161. The van der Waals surface area contributed by atoms with Gasteiger partial charge in [0.15, 0.2) is 0 Å². The maximum atomic E-state index is 15.1. The first kappa shape index (κ1) is 36.8. The summed E-state index contributed by atoms with van der Waals surface area (Å²) in [7, 11) is 4.71. The summed E-state index contributed by atoms with van der Waals surface area (Å²) in [6.07, 6.45) is 1.78. The van der Waals surface area contributed by atoms with E-state index < -0.39 is 35.5 Å². The Morgan fingerprint density at radius 2 is 1.62 bits per heavy atom. The van der Waals surface area contributed by atoms with E-state index in [9.17, 15) is 19.2 Å². The van der Waals surface area contributed by atoms with Crippen molar-refractivity contribution >= 4 is 39.2 Å². The molecule has 0 saturated carbocycles. The van der Waals surface area contributed by atoms with Crippen LogP contribution in [0.4, 0.5) is 19.3 Å². The van der Waals surface area contributed by atoms with Gasteiger partial charge in [-0.25, -0.2) is 28.4 Å². The number of fused-ring (bicyclic) bond motifs is 1. The predicted molar refractivity (Wildman–Crippen MR) is 199 cm³/mol. The maximum Gasteiger partial charge on any atom is 0.343 e. The van der Waals surface area contributed by atoms with Gasteiger partial charge >= 0.3 is 11.7 Å². The van der Waals surface area contributed by atoms with Crippen LogP contribution in [0, 0.1) is 11.6 Å². The van der Waals surface area contributed by atoms with Gasteiger partial charge in [-0.1, -0.05) is 36.4 Å². The summed E-state index contributed by atoms with van der Waals surface area (Å²) in [5.41, 5.74) is 3.82. The van der Waals surface area contributed by atoms with Gasteiger partial charge in [0.2, 0.25) is 5.91 Å². The number of thiophene rings is 1. The molecule has 3 N–H and O–H groups in total. The molecule has 0 bridgehead atoms. The van der Waals surface area contributed by atoms with E-state index in [1.54, 1.807) is 54.7 Å². The molecule has 0 aliphatic carbocycles. The van der Waals surface area contributed by atoms with E-state index in [0.717, 1.165) is 33.7 Å². The van der Waals surface area contributed by atoms with Crippen LogP contribution in [0.25, 0.3) is 26.3 Å². The van der Waals surface area contributed by atoms with Crippen molar-refractivity contribution in [3.05, 3.63) is 146 Å². The Bertz CT molecular complexity index is 2380. The van der Waals surface area contributed by atoms with Crippen molar-refractivity contribution in [1.82, 2.24) is 29.8 Å². The van der Waals surface area contributed by atoms with Crippen LogP contribution in [0.5, 0.6) is 0 Å². The number of aromatic nitrogens is 3. The SMILES string of the molecule is CNC(=O)Cc1ccc(-n2c(=O)c3c(CN(C)Cc4ccccn4)c(-c4ccc(NC(=O)NOC)cc4)sc3n(Cc3c(F)cccc3F)c2=O)cc1. The van der Waals surface area contributed by atoms with Crippen LogP contribution in [-0.2, 0) is 35.7 Å². The molecule has 0 aliphatic heterocycles. The van der Waals surface area contributed by atoms with Crippen molar-refractivity contribution in [2.24, 2.45) is 0 Å². The molecule has 0 saturated heterocycles. The number of carbonyl (C=O) groups excluding carboxylic acids is 2. The molecule has 6 rings (SSSR count). The average Bonchev–Trinajstić information content (AvgIpc) is 3.51. The number of nitrogens with one attached hydrogen (secondary N) is 3. The number of pyridine rings is 1. The van der Waals surface area contributed by atoms with Crippen LogP contribution in [0.15, 0.2) is 101 Å². The van der Waals surface area contributed by atoms with Gasteiger partial charge in [0.1, 0.15) is 16.5 Å². The predicted octanol–water partition coefficient (Wildman–Crippen LogP) is 5.21. The molecule has 0 unspecified atom stereocenters. The monoisotopic (exact) mass is 739 g/mol. The number of hydroxylamine groups is 1. The topological polar surface area (TPSA) is 140 Å². The Kier molecular flexibility index (Phi) is 11.2. The number of rotatable bonds is 12. The number of carbonyl (C=O) groups is 2. The highest BCUT2D eigenvalue weighted by molar-refractivity contribution is 7.22. The number of likely N-dealkylation sites (N-methyl/N-ethyl adjacent to an activating group) is 1. The van der Waals surface area contributed by atoms with E-state index in [2.05, 4.69) is 25.9 Å². The Hall–Kier alpha value is -6.03. The number of nitrogens with zero attached hydrogens (tertiary/aromatic N) is 4. The molecule has 272 valence electrons. The van der Waals surface area contributed by atoms with E-state index in [1.165, 1.54) is 24.8 Å². The van der Waals surface area contributed by atoms with Gasteiger partial charge < -0.3 is 10.6 Å². The Morgan fingerprint density at radius 1 is 0.906 bits per heavy atom. The van der Waals surface area contributed by atoms with Crippen molar-refractivity contribution in [2.45, 2.75) is 26.1 Å². The zero-order valence-corrected chi connectivity index (χ0v) is 29.8. The molecular weight excluding hydrogens is 705 g/mol. The molecule has 53 heavy (non-hydrogen) atoms. The summed E-state index contributed by atoms with van der Waals surface area (Å²) in [5, 5.41) is 5.41. The van der Waals surface area contributed by atoms with Crippen LogP contribution in [0.1, 0.15) is 22.4 Å². The van der Waals surface area contributed by atoms with Gasteiger partial charge in [0.05, 0.1) is 36.8 Å². The molecule has 12 nitrogen and oxygen atoms in total. The molecule has 0 spiro atoms. The van der Waals surface area contributed by atoms with Crippen molar-refractivity contribution in [1.29, 1.82) is 0 Å². The molecule has 0 radical (unpaired) electrons. The molecular formula is C38H35F2N7O5S. The van der Waals surface area contributed by atoms with Crippen LogP contribution >= 0.6 is 11.3 Å². The lowest BCUT2D eigenvalue weighted by Crippen LogP contribution is -2.39. The minimum absolute atomic E-state index is 0.0908. The molecule has 6 aromatic rings. The largest absolute Gasteiger partial charge is 0.359 e. The lowest BCUT2D eigenvalue weighted by atomic mass is 10.1. The number of benzene rings is 3. The molecule has 3 aromatic heterocycles. The molecule has 0 aliphatic rings. The number of amides is 3. The minimum Gasteiger partial charge on any atom is -0.359 e. The third kappa shape index (κ3) is 8.07. The van der Waals surface area contributed by atoms with E-state index in [4.69, 9.17) is 0 Å². The first-order valence-electron chi connectivity index (χ1n) is 16.4. The number of anilines is 1. The van der Waals surface area contributed by atoms with Gasteiger partial charge in [-0.05, 0) is 72.3 Å². The number of hydrogen-bond acceptors (Lipinski definition) is 8. The van der Waals surface area contributed by atoms with Gasteiger partial charge in [-0.15, -0.1) is 11.3 Å². The van der Waals surface area contributed by atoms with Crippen molar-refractivity contribution in [3.8, 4) is 16.1 Å². The standard InChI is InChI=1S/C38H35F2N7O5S/c1-41-32(48)19-23-10-16-27(17-11-23)47-35(49)33-29(21-45(2)20-26-7-4-5-18-42-26)34(24-12-14-25(15-13-24)43-37(50)44-52-3)53-36(33)46(38(47)51)22-28-30(39)8-6-9-31(28)40/h4-18H,19-22H2,1-3H3,(H,41,48)(H2,43,44,50). The summed E-state index contributed by atoms with van der Waals surface area (Å²) in [6, 6.07) is 21.8. The van der Waals surface area contributed by atoms with Gasteiger partial charge in [0.25, 0.3) is 5.56 Å². The van der Waals surface area contributed by atoms with Crippen LogP contribution in [0.3, 0.4) is 0 Å². The highest BCUT2D eigenvalue weighted by Crippen LogP contribution is 2.39. The third-order valence-electron chi connectivity index (χ3n) is 8.47. The number of halogens is 2. The Morgan fingerprint density at radius 3 is 2.26 bits per heavy atom. The van der Waals surface area contributed by atoms with Gasteiger partial charge in [-0.2, -0.15) is 0 Å². The summed E-state index contributed by atoms with van der Waals surface area (Å²) in [5.74, 6) is -1.89. The summed E-state index contributed by atoms with van der Waals surface area (Å²) < 4.78 is 32.5. The number of hydrogen-bond donors (Lipinski definition) is 3. The fourth-order valence-electron chi connectivity index (χ4n) is 5.95. The maximum absolute atomic E-state index is 15.1. The Balaban J connectivity index is 1.58. The van der Waals surface area contributed by atoms with Crippen LogP contribution in [-0.4, -0.2) is 52.2 Å². The van der Waals surface area contributed by atoms with E-state index in [0.29, 0.717) is 33.8 Å². The van der Waals surface area contributed by atoms with Crippen LogP contribution in [0.2, 0.25) is 0 Å². The second kappa shape index (κ2) is 16.1. The molecule has 3 amide bonds. The van der Waals surface area contributed by atoms with E-state index in [1.807, 2.05) is 30.1 Å². The van der Waals surface area contributed by atoms with E-state index in [-0.39, 0.29) is 40.3 Å². The molecule has 3 heterocycles. The van der Waals surface area contributed by atoms with Crippen molar-refractivity contribution in [3.63, 3.8) is 0 Å². The summed E-state index contributed by atoms with van der Waals surface area (Å²) >= 11 is 1.15.